The molecule has 0 saturated heterocycles. The Hall–Kier alpha value is -3.42. The van der Waals surface area contributed by atoms with Crippen LogP contribution >= 0.6 is 0 Å². The van der Waals surface area contributed by atoms with Crippen molar-refractivity contribution < 1.29 is 14.2 Å². The Morgan fingerprint density at radius 2 is 2.08 bits per heavy atom. The van der Waals surface area contributed by atoms with Crippen LogP contribution in [0.5, 0.6) is 5.88 Å². The first-order valence-electron chi connectivity index (χ1n) is 7.19. The van der Waals surface area contributed by atoms with Crippen molar-refractivity contribution in [3.05, 3.63) is 59.1 Å². The number of anilines is 1. The Morgan fingerprint density at radius 1 is 1.29 bits per heavy atom. The van der Waals surface area contributed by atoms with E-state index in [1.807, 2.05) is 6.07 Å². The number of benzene rings is 1. The maximum atomic E-state index is 12.3. The third-order valence-electron chi connectivity index (χ3n) is 3.33. The molecule has 8 nitrogen and oxygen atoms in total. The van der Waals surface area contributed by atoms with Gasteiger partial charge < -0.3 is 10.1 Å². The minimum atomic E-state index is -0.264. The smallest absolute Gasteiger partial charge is 0.398 e. The second kappa shape index (κ2) is 6.37. The second-order valence-corrected chi connectivity index (χ2v) is 5.03. The number of rotatable bonds is 4. The largest absolute Gasteiger partial charge is 0.481 e. The van der Waals surface area contributed by atoms with Crippen LogP contribution in [0.3, 0.4) is 0 Å². The molecule has 2 N–H and O–H groups in total. The molecule has 0 atom stereocenters. The van der Waals surface area contributed by atoms with Gasteiger partial charge in [0.25, 0.3) is 0 Å². The van der Waals surface area contributed by atoms with E-state index in [-0.39, 0.29) is 11.5 Å². The third-order valence-corrected chi connectivity index (χ3v) is 3.33. The topological polar surface area (TPSA) is 92.9 Å². The van der Waals surface area contributed by atoms with Crippen molar-refractivity contribution in [2.45, 2.75) is 6.92 Å². The number of nitrogens with one attached hydrogen (secondary N) is 2. The number of H-pyrrole nitrogens is 1. The number of ether oxygens (including phenoxy) is 1. The predicted molar refractivity (Wildman–Crippen MR) is 86.6 cm³/mol. The summed E-state index contributed by atoms with van der Waals surface area (Å²) in [6, 6.07) is 10.5. The van der Waals surface area contributed by atoms with Gasteiger partial charge in [0.1, 0.15) is 0 Å². The molecule has 0 aliphatic rings. The lowest BCUT2D eigenvalue weighted by Gasteiger charge is -2.05. The van der Waals surface area contributed by atoms with E-state index in [9.17, 15) is 9.59 Å². The van der Waals surface area contributed by atoms with Crippen molar-refractivity contribution in [1.82, 2.24) is 14.9 Å². The first kappa shape index (κ1) is 15.5. The van der Waals surface area contributed by atoms with Gasteiger partial charge >= 0.3 is 5.56 Å². The molecular weight excluding hydrogens is 310 g/mol. The highest BCUT2D eigenvalue weighted by molar-refractivity contribution is 5.90. The molecule has 0 spiro atoms. The van der Waals surface area contributed by atoms with Crippen LogP contribution in [-0.4, -0.2) is 27.9 Å². The van der Waals surface area contributed by atoms with Gasteiger partial charge in [-0.15, -0.1) is 4.68 Å². The number of methoxy groups -OCH3 is 1. The molecule has 0 aliphatic carbocycles. The average Bonchev–Trinajstić information content (AvgIpc) is 2.96. The molecule has 24 heavy (non-hydrogen) atoms. The number of hydrogen-bond donors (Lipinski definition) is 2. The molecule has 8 heteroatoms. The molecule has 1 amide bonds. The maximum Gasteiger partial charge on any atom is 0.398 e. The van der Waals surface area contributed by atoms with Crippen LogP contribution in [0, 0.1) is 0 Å². The fourth-order valence-corrected chi connectivity index (χ4v) is 2.27. The summed E-state index contributed by atoms with van der Waals surface area (Å²) in [4.78, 5) is 27.7. The number of pyridine rings is 1. The highest BCUT2D eigenvalue weighted by atomic mass is 16.5. The van der Waals surface area contributed by atoms with E-state index in [1.54, 1.807) is 30.3 Å². The standard InChI is InChI=1S/C16H15N5O3/c1-11(22)18-13-5-3-4-6-14(13)20-10-16(23)21(19-20)12-7-8-15(24-2)17-9-12/h3-10H,1-2H3,(H-,18,19,22,23)/p+1. The summed E-state index contributed by atoms with van der Waals surface area (Å²) in [5.74, 6) is 0.270. The molecule has 3 aromatic rings. The SMILES string of the molecule is COc1ccc(-n2[nH][n+](-c3ccccc3NC(C)=O)cc2=O)cn1. The summed E-state index contributed by atoms with van der Waals surface area (Å²) >= 11 is 0. The molecule has 0 saturated carbocycles. The van der Waals surface area contributed by atoms with Gasteiger partial charge in [-0.3, -0.25) is 4.79 Å². The highest BCUT2D eigenvalue weighted by Crippen LogP contribution is 2.14. The van der Waals surface area contributed by atoms with Gasteiger partial charge in [0.2, 0.25) is 18.0 Å². The van der Waals surface area contributed by atoms with E-state index in [0.29, 0.717) is 22.9 Å². The Bertz CT molecular complexity index is 927. The number of nitrogens with zero attached hydrogens (tertiary/aromatic N) is 3. The van der Waals surface area contributed by atoms with Gasteiger partial charge in [-0.1, -0.05) is 22.0 Å². The van der Waals surface area contributed by atoms with Crippen LogP contribution in [0.4, 0.5) is 5.69 Å². The van der Waals surface area contributed by atoms with E-state index >= 15 is 0 Å². The molecule has 122 valence electrons. The van der Waals surface area contributed by atoms with Gasteiger partial charge in [-0.2, -0.15) is 0 Å². The highest BCUT2D eigenvalue weighted by Gasteiger charge is 2.17. The van der Waals surface area contributed by atoms with E-state index < -0.39 is 0 Å². The molecular formula is C16H16N5O3+. The molecule has 0 unspecified atom stereocenters. The summed E-state index contributed by atoms with van der Waals surface area (Å²) in [5, 5.41) is 5.69. The quantitative estimate of drug-likeness (QED) is 0.694. The van der Waals surface area contributed by atoms with Crippen LogP contribution in [-0.2, 0) is 4.79 Å². The van der Waals surface area contributed by atoms with Gasteiger partial charge in [0.15, 0.2) is 11.4 Å². The van der Waals surface area contributed by atoms with Crippen LogP contribution < -0.4 is 20.3 Å². The van der Waals surface area contributed by atoms with Crippen molar-refractivity contribution >= 4 is 11.6 Å². The van der Waals surface area contributed by atoms with Gasteiger partial charge in [-0.05, 0) is 18.2 Å². The number of carbonyl (C=O) groups is 1. The zero-order valence-electron chi connectivity index (χ0n) is 13.2. The first-order chi connectivity index (χ1) is 11.6. The predicted octanol–water partition coefficient (Wildman–Crippen LogP) is 0.804. The average molecular weight is 326 g/mol. The lowest BCUT2D eigenvalue weighted by Crippen LogP contribution is -2.34. The van der Waals surface area contributed by atoms with Crippen LogP contribution in [0.1, 0.15) is 6.92 Å². The number of hydrogen-bond acceptors (Lipinski definition) is 4. The number of aromatic nitrogens is 4. The van der Waals surface area contributed by atoms with Crippen LogP contribution in [0.25, 0.3) is 11.4 Å². The van der Waals surface area contributed by atoms with Crippen LogP contribution in [0.15, 0.2) is 53.6 Å². The van der Waals surface area contributed by atoms with E-state index in [0.717, 1.165) is 0 Å². The third kappa shape index (κ3) is 3.02. The normalized spacial score (nSPS) is 10.4. The minimum absolute atomic E-state index is 0.191. The summed E-state index contributed by atoms with van der Waals surface area (Å²) in [6.45, 7) is 1.43. The first-order valence-corrected chi connectivity index (χ1v) is 7.19. The summed E-state index contributed by atoms with van der Waals surface area (Å²) in [6.07, 6.45) is 2.92. The molecule has 2 heterocycles. The Balaban J connectivity index is 2.03. The van der Waals surface area contributed by atoms with Crippen molar-refractivity contribution in [3.8, 4) is 17.3 Å². The molecule has 2 aromatic heterocycles. The molecule has 0 bridgehead atoms. The maximum absolute atomic E-state index is 12.3. The second-order valence-electron chi connectivity index (χ2n) is 5.03. The lowest BCUT2D eigenvalue weighted by molar-refractivity contribution is -0.660. The van der Waals surface area contributed by atoms with E-state index in [4.69, 9.17) is 4.74 Å². The fraction of sp³-hybridized carbons (Fsp3) is 0.125. The van der Waals surface area contributed by atoms with Gasteiger partial charge in [-0.25, -0.2) is 9.78 Å². The summed E-state index contributed by atoms with van der Waals surface area (Å²) in [5.41, 5.74) is 1.54. The Kier molecular flexibility index (Phi) is 4.11. The Labute approximate surface area is 137 Å². The number of amides is 1. The summed E-state index contributed by atoms with van der Waals surface area (Å²) in [7, 11) is 1.52. The number of aromatic amines is 1. The molecule has 0 aliphatic heterocycles. The molecule has 0 fully saturated rings. The number of carbonyl (C=O) groups excluding carboxylic acids is 1. The van der Waals surface area contributed by atoms with Crippen molar-refractivity contribution in [3.63, 3.8) is 0 Å². The minimum Gasteiger partial charge on any atom is -0.481 e. The molecule has 3 rings (SSSR count). The lowest BCUT2D eigenvalue weighted by atomic mass is 10.2. The van der Waals surface area contributed by atoms with Crippen molar-refractivity contribution in [1.29, 1.82) is 0 Å². The molecule has 1 aromatic carbocycles. The van der Waals surface area contributed by atoms with Crippen molar-refractivity contribution in [2.75, 3.05) is 12.4 Å². The summed E-state index contributed by atoms with van der Waals surface area (Å²) < 4.78 is 7.89. The zero-order chi connectivity index (χ0) is 17.1. The number of para-hydroxylation sites is 2. The van der Waals surface area contributed by atoms with Crippen molar-refractivity contribution in [2.24, 2.45) is 0 Å². The monoisotopic (exact) mass is 326 g/mol. The van der Waals surface area contributed by atoms with E-state index in [1.165, 1.54) is 35.8 Å². The van der Waals surface area contributed by atoms with Crippen LogP contribution in [0.2, 0.25) is 0 Å². The van der Waals surface area contributed by atoms with Gasteiger partial charge in [0.05, 0.1) is 19.0 Å². The van der Waals surface area contributed by atoms with Gasteiger partial charge in [0, 0.05) is 13.0 Å². The fourth-order valence-electron chi connectivity index (χ4n) is 2.27. The molecule has 0 radical (unpaired) electrons. The zero-order valence-corrected chi connectivity index (χ0v) is 13.2. The van der Waals surface area contributed by atoms with E-state index in [2.05, 4.69) is 15.5 Å². The Morgan fingerprint density at radius 3 is 2.75 bits per heavy atom.